The van der Waals surface area contributed by atoms with Crippen molar-refractivity contribution in [3.05, 3.63) is 46.7 Å². The Hall–Kier alpha value is -2.14. The number of amides is 1. The molecule has 0 atom stereocenters. The third-order valence-electron chi connectivity index (χ3n) is 2.66. The number of halogens is 1. The van der Waals surface area contributed by atoms with E-state index in [1.807, 2.05) is 27.7 Å². The molecule has 2 rings (SSSR count). The highest BCUT2D eigenvalue weighted by atomic mass is 35.5. The number of aromatic nitrogens is 2. The smallest absolute Gasteiger partial charge is 0.274 e. The number of carbonyl (C=O) groups is 1. The summed E-state index contributed by atoms with van der Waals surface area (Å²) in [6.45, 7) is 7.84. The second-order valence-corrected chi connectivity index (χ2v) is 6.49. The van der Waals surface area contributed by atoms with Crippen LogP contribution in [0.4, 0.5) is 11.6 Å². The van der Waals surface area contributed by atoms with E-state index in [1.165, 1.54) is 0 Å². The summed E-state index contributed by atoms with van der Waals surface area (Å²) in [6, 6.07) is 8.62. The number of carbonyl (C=O) groups excluding carboxylic acids is 1. The first-order valence-corrected chi connectivity index (χ1v) is 7.31. The molecule has 1 amide bonds. The quantitative estimate of drug-likeness (QED) is 0.900. The molecule has 2 N–H and O–H groups in total. The summed E-state index contributed by atoms with van der Waals surface area (Å²) in [5.41, 5.74) is 1.46. The SMILES string of the molecule is Cc1cc(C(=O)Nc2cccc(Cl)c2)nc(NC(C)(C)C)n1. The van der Waals surface area contributed by atoms with Crippen LogP contribution in [-0.4, -0.2) is 21.4 Å². The second-order valence-electron chi connectivity index (χ2n) is 6.06. The van der Waals surface area contributed by atoms with E-state index in [2.05, 4.69) is 20.6 Å². The first kappa shape index (κ1) is 16.2. The Balaban J connectivity index is 2.22. The van der Waals surface area contributed by atoms with Crippen LogP contribution < -0.4 is 10.6 Å². The normalized spacial score (nSPS) is 11.1. The Labute approximate surface area is 135 Å². The molecule has 0 radical (unpaired) electrons. The minimum atomic E-state index is -0.301. The lowest BCUT2D eigenvalue weighted by Crippen LogP contribution is -2.28. The molecule has 0 aliphatic rings. The lowest BCUT2D eigenvalue weighted by Gasteiger charge is -2.20. The third kappa shape index (κ3) is 4.70. The predicted octanol–water partition coefficient (Wildman–Crippen LogP) is 3.90. The van der Waals surface area contributed by atoms with Crippen LogP contribution in [0.3, 0.4) is 0 Å². The Morgan fingerprint density at radius 1 is 1.18 bits per heavy atom. The first-order chi connectivity index (χ1) is 10.2. The molecule has 0 fully saturated rings. The van der Waals surface area contributed by atoms with E-state index in [-0.39, 0.29) is 11.4 Å². The van der Waals surface area contributed by atoms with Crippen LogP contribution in [0.25, 0.3) is 0 Å². The topological polar surface area (TPSA) is 66.9 Å². The summed E-state index contributed by atoms with van der Waals surface area (Å²) in [4.78, 5) is 20.9. The van der Waals surface area contributed by atoms with Crippen LogP contribution in [-0.2, 0) is 0 Å². The van der Waals surface area contributed by atoms with E-state index in [0.717, 1.165) is 5.69 Å². The third-order valence-corrected chi connectivity index (χ3v) is 2.89. The summed E-state index contributed by atoms with van der Waals surface area (Å²) in [5.74, 6) is 0.133. The number of benzene rings is 1. The molecule has 0 bridgehead atoms. The van der Waals surface area contributed by atoms with Gasteiger partial charge in [-0.2, -0.15) is 0 Å². The molecule has 1 aromatic carbocycles. The minimum absolute atomic E-state index is 0.186. The maximum absolute atomic E-state index is 12.3. The molecule has 1 heterocycles. The van der Waals surface area contributed by atoms with E-state index < -0.39 is 0 Å². The van der Waals surface area contributed by atoms with Crippen molar-refractivity contribution in [3.63, 3.8) is 0 Å². The fourth-order valence-electron chi connectivity index (χ4n) is 1.84. The predicted molar refractivity (Wildman–Crippen MR) is 89.5 cm³/mol. The fraction of sp³-hybridized carbons (Fsp3) is 0.312. The molecule has 0 saturated carbocycles. The average molecular weight is 319 g/mol. The van der Waals surface area contributed by atoms with Gasteiger partial charge in [0.25, 0.3) is 5.91 Å². The van der Waals surface area contributed by atoms with Gasteiger partial charge < -0.3 is 10.6 Å². The van der Waals surface area contributed by atoms with Gasteiger partial charge in [0.1, 0.15) is 5.69 Å². The molecule has 0 aliphatic carbocycles. The zero-order chi connectivity index (χ0) is 16.3. The number of hydrogen-bond donors (Lipinski definition) is 2. The Kier molecular flexibility index (Phi) is 4.66. The maximum atomic E-state index is 12.3. The lowest BCUT2D eigenvalue weighted by molar-refractivity contribution is 0.102. The second kappa shape index (κ2) is 6.32. The highest BCUT2D eigenvalue weighted by molar-refractivity contribution is 6.30. The van der Waals surface area contributed by atoms with E-state index in [1.54, 1.807) is 30.3 Å². The van der Waals surface area contributed by atoms with Crippen molar-refractivity contribution in [2.24, 2.45) is 0 Å². The summed E-state index contributed by atoms with van der Waals surface area (Å²) >= 11 is 5.91. The average Bonchev–Trinajstić information content (AvgIpc) is 2.35. The zero-order valence-electron chi connectivity index (χ0n) is 13.1. The van der Waals surface area contributed by atoms with Gasteiger partial charge in [-0.1, -0.05) is 17.7 Å². The van der Waals surface area contributed by atoms with Crippen LogP contribution in [0.15, 0.2) is 30.3 Å². The van der Waals surface area contributed by atoms with Crippen molar-refractivity contribution >= 4 is 29.1 Å². The first-order valence-electron chi connectivity index (χ1n) is 6.94. The Bertz CT molecular complexity index is 695. The van der Waals surface area contributed by atoms with Gasteiger partial charge in [0, 0.05) is 21.9 Å². The van der Waals surface area contributed by atoms with E-state index in [4.69, 9.17) is 11.6 Å². The molecule has 6 heteroatoms. The molecule has 0 saturated heterocycles. The van der Waals surface area contributed by atoms with Gasteiger partial charge in [0.2, 0.25) is 5.95 Å². The van der Waals surface area contributed by atoms with Crippen molar-refractivity contribution in [2.75, 3.05) is 10.6 Å². The Morgan fingerprint density at radius 2 is 1.91 bits per heavy atom. The molecule has 1 aromatic heterocycles. The van der Waals surface area contributed by atoms with Gasteiger partial charge in [0.15, 0.2) is 0 Å². The zero-order valence-corrected chi connectivity index (χ0v) is 13.8. The molecule has 116 valence electrons. The maximum Gasteiger partial charge on any atom is 0.274 e. The van der Waals surface area contributed by atoms with Crippen molar-refractivity contribution in [1.29, 1.82) is 0 Å². The van der Waals surface area contributed by atoms with Crippen LogP contribution in [0.1, 0.15) is 37.0 Å². The molecule has 0 unspecified atom stereocenters. The summed E-state index contributed by atoms with van der Waals surface area (Å²) < 4.78 is 0. The Morgan fingerprint density at radius 3 is 2.55 bits per heavy atom. The molecule has 2 aromatic rings. The molecule has 0 aliphatic heterocycles. The van der Waals surface area contributed by atoms with Crippen LogP contribution in [0.2, 0.25) is 5.02 Å². The molecular weight excluding hydrogens is 300 g/mol. The van der Waals surface area contributed by atoms with Gasteiger partial charge in [-0.15, -0.1) is 0 Å². The monoisotopic (exact) mass is 318 g/mol. The molecular formula is C16H19ClN4O. The van der Waals surface area contributed by atoms with E-state index in [9.17, 15) is 4.79 Å². The van der Waals surface area contributed by atoms with Gasteiger partial charge in [-0.3, -0.25) is 4.79 Å². The van der Waals surface area contributed by atoms with Crippen molar-refractivity contribution < 1.29 is 4.79 Å². The van der Waals surface area contributed by atoms with E-state index >= 15 is 0 Å². The molecule has 0 spiro atoms. The van der Waals surface area contributed by atoms with Crippen molar-refractivity contribution in [3.8, 4) is 0 Å². The summed E-state index contributed by atoms with van der Waals surface area (Å²) in [5, 5.41) is 6.50. The van der Waals surface area contributed by atoms with Gasteiger partial charge in [-0.05, 0) is 52.0 Å². The molecule has 22 heavy (non-hydrogen) atoms. The lowest BCUT2D eigenvalue weighted by atomic mass is 10.1. The number of hydrogen-bond acceptors (Lipinski definition) is 4. The van der Waals surface area contributed by atoms with Gasteiger partial charge >= 0.3 is 0 Å². The number of rotatable bonds is 3. The molecule has 5 nitrogen and oxygen atoms in total. The van der Waals surface area contributed by atoms with Crippen molar-refractivity contribution in [2.45, 2.75) is 33.2 Å². The minimum Gasteiger partial charge on any atom is -0.350 e. The van der Waals surface area contributed by atoms with Crippen molar-refractivity contribution in [1.82, 2.24) is 9.97 Å². The number of nitrogens with one attached hydrogen (secondary N) is 2. The summed E-state index contributed by atoms with van der Waals surface area (Å²) in [6.07, 6.45) is 0. The highest BCUT2D eigenvalue weighted by Gasteiger charge is 2.15. The van der Waals surface area contributed by atoms with E-state index in [0.29, 0.717) is 22.4 Å². The highest BCUT2D eigenvalue weighted by Crippen LogP contribution is 2.16. The van der Waals surface area contributed by atoms with Gasteiger partial charge in [0.05, 0.1) is 0 Å². The van der Waals surface area contributed by atoms with Crippen LogP contribution >= 0.6 is 11.6 Å². The number of anilines is 2. The fourth-order valence-corrected chi connectivity index (χ4v) is 2.03. The van der Waals surface area contributed by atoms with Crippen LogP contribution in [0.5, 0.6) is 0 Å². The summed E-state index contributed by atoms with van der Waals surface area (Å²) in [7, 11) is 0. The van der Waals surface area contributed by atoms with Gasteiger partial charge in [-0.25, -0.2) is 9.97 Å². The number of aryl methyl sites for hydroxylation is 1. The van der Waals surface area contributed by atoms with Crippen LogP contribution in [0, 0.1) is 6.92 Å². The standard InChI is InChI=1S/C16H19ClN4O/c1-10-8-13(20-15(18-10)21-16(2,3)4)14(22)19-12-7-5-6-11(17)9-12/h5-9H,1-4H3,(H,19,22)(H,18,20,21). The number of nitrogens with zero attached hydrogens (tertiary/aromatic N) is 2. The largest absolute Gasteiger partial charge is 0.350 e.